The monoisotopic (exact) mass is 310 g/mol. The summed E-state index contributed by atoms with van der Waals surface area (Å²) in [5.41, 5.74) is 2.14. The van der Waals surface area contributed by atoms with Crippen LogP contribution in [0.4, 0.5) is 10.1 Å². The summed E-state index contributed by atoms with van der Waals surface area (Å²) >= 11 is 0. The lowest BCUT2D eigenvalue weighted by Crippen LogP contribution is -2.35. The fourth-order valence-electron chi connectivity index (χ4n) is 3.94. The Morgan fingerprint density at radius 2 is 2.10 bits per heavy atom. The Kier molecular flexibility index (Phi) is 3.70. The largest absolute Gasteiger partial charge is 0.317 e. The van der Waals surface area contributed by atoms with Crippen LogP contribution in [0.25, 0.3) is 0 Å². The maximum atomic E-state index is 13.4. The van der Waals surface area contributed by atoms with Gasteiger partial charge in [0.2, 0.25) is 5.91 Å². The predicted molar refractivity (Wildman–Crippen MR) is 82.3 cm³/mol. The van der Waals surface area contributed by atoms with Crippen molar-refractivity contribution in [1.82, 2.24) is 5.32 Å². The molecule has 1 saturated carbocycles. The van der Waals surface area contributed by atoms with Gasteiger partial charge in [-0.05, 0) is 61.9 Å². The molecule has 1 unspecified atom stereocenters. The highest BCUT2D eigenvalue weighted by atomic mass is 35.5. The van der Waals surface area contributed by atoms with E-state index in [1.54, 1.807) is 0 Å². The topological polar surface area (TPSA) is 32.3 Å². The number of carbonyl (C=O) groups is 1. The Morgan fingerprint density at radius 1 is 1.33 bits per heavy atom. The molecular formula is C16H20ClFN2O. The van der Waals surface area contributed by atoms with Gasteiger partial charge in [-0.15, -0.1) is 12.4 Å². The average Bonchev–Trinajstić information content (AvgIpc) is 2.97. The van der Waals surface area contributed by atoms with Crippen molar-refractivity contribution in [2.24, 2.45) is 11.3 Å². The summed E-state index contributed by atoms with van der Waals surface area (Å²) in [6.45, 7) is 2.76. The summed E-state index contributed by atoms with van der Waals surface area (Å²) in [6, 6.07) is 4.81. The van der Waals surface area contributed by atoms with Crippen molar-refractivity contribution in [1.29, 1.82) is 0 Å². The van der Waals surface area contributed by atoms with Crippen LogP contribution in [-0.4, -0.2) is 25.5 Å². The standard InChI is InChI=1S/C16H19FN2O.ClH/c17-12-2-1-11-3-8-19(14(11)9-12)15(20)13-10-16(13)4-6-18-7-5-16;/h1-2,9,13,18H,3-8,10H2;1H. The van der Waals surface area contributed by atoms with Crippen molar-refractivity contribution in [2.75, 3.05) is 24.5 Å². The van der Waals surface area contributed by atoms with E-state index in [1.807, 2.05) is 11.0 Å². The van der Waals surface area contributed by atoms with Gasteiger partial charge < -0.3 is 10.2 Å². The van der Waals surface area contributed by atoms with Crippen LogP contribution < -0.4 is 10.2 Å². The van der Waals surface area contributed by atoms with Gasteiger partial charge in [0.25, 0.3) is 0 Å². The molecule has 0 bridgehead atoms. The Labute approximate surface area is 130 Å². The first kappa shape index (κ1) is 14.8. The number of carbonyl (C=O) groups excluding carboxylic acids is 1. The van der Waals surface area contributed by atoms with Gasteiger partial charge in [0.05, 0.1) is 0 Å². The molecule has 1 atom stereocenters. The van der Waals surface area contributed by atoms with Crippen LogP contribution in [0, 0.1) is 17.2 Å². The molecule has 4 rings (SSSR count). The molecule has 21 heavy (non-hydrogen) atoms. The lowest BCUT2D eigenvalue weighted by Gasteiger charge is -2.25. The highest BCUT2D eigenvalue weighted by Gasteiger charge is 2.58. The number of rotatable bonds is 1. The van der Waals surface area contributed by atoms with Crippen LogP contribution in [0.1, 0.15) is 24.8 Å². The highest BCUT2D eigenvalue weighted by molar-refractivity contribution is 5.99. The molecule has 1 spiro atoms. The number of nitrogens with zero attached hydrogens (tertiary/aromatic N) is 1. The third kappa shape index (κ3) is 2.34. The minimum atomic E-state index is -0.254. The van der Waals surface area contributed by atoms with Crippen molar-refractivity contribution in [3.63, 3.8) is 0 Å². The maximum absolute atomic E-state index is 13.4. The lowest BCUT2D eigenvalue weighted by molar-refractivity contribution is -0.120. The van der Waals surface area contributed by atoms with Gasteiger partial charge in [0.15, 0.2) is 0 Å². The number of amides is 1. The number of piperidine rings is 1. The lowest BCUT2D eigenvalue weighted by atomic mass is 9.91. The van der Waals surface area contributed by atoms with Crippen LogP contribution in [0.2, 0.25) is 0 Å². The second kappa shape index (κ2) is 5.25. The SMILES string of the molecule is Cl.O=C(C1CC12CCNCC2)N1CCc2ccc(F)cc21. The van der Waals surface area contributed by atoms with E-state index < -0.39 is 0 Å². The first-order valence-corrected chi connectivity index (χ1v) is 7.50. The molecule has 0 aromatic heterocycles. The second-order valence-electron chi connectivity index (χ2n) is 6.38. The molecule has 3 aliphatic rings. The van der Waals surface area contributed by atoms with Gasteiger partial charge in [-0.25, -0.2) is 4.39 Å². The Balaban J connectivity index is 0.00000132. The summed E-state index contributed by atoms with van der Waals surface area (Å²) < 4.78 is 13.4. The summed E-state index contributed by atoms with van der Waals surface area (Å²) in [5, 5.41) is 3.36. The van der Waals surface area contributed by atoms with E-state index in [2.05, 4.69) is 5.32 Å². The van der Waals surface area contributed by atoms with Gasteiger partial charge >= 0.3 is 0 Å². The summed E-state index contributed by atoms with van der Waals surface area (Å²) in [6.07, 6.45) is 4.08. The zero-order valence-corrected chi connectivity index (χ0v) is 12.7. The minimum absolute atomic E-state index is 0. The Hall–Kier alpha value is -1.13. The van der Waals surface area contributed by atoms with Crippen molar-refractivity contribution in [3.8, 4) is 0 Å². The van der Waals surface area contributed by atoms with E-state index >= 15 is 0 Å². The molecule has 2 heterocycles. The molecule has 1 aliphatic carbocycles. The summed E-state index contributed by atoms with van der Waals surface area (Å²) in [5.74, 6) is 0.130. The van der Waals surface area contributed by atoms with Crippen LogP contribution in [0.15, 0.2) is 18.2 Å². The molecular weight excluding hydrogens is 291 g/mol. The zero-order chi connectivity index (χ0) is 13.7. The van der Waals surface area contributed by atoms with Crippen molar-refractivity contribution in [3.05, 3.63) is 29.6 Å². The molecule has 3 nitrogen and oxygen atoms in total. The molecule has 2 fully saturated rings. The number of fused-ring (bicyclic) bond motifs is 1. The number of benzene rings is 1. The Bertz CT molecular complexity index is 571. The van der Waals surface area contributed by atoms with Gasteiger partial charge in [-0.1, -0.05) is 6.07 Å². The summed E-state index contributed by atoms with van der Waals surface area (Å²) in [4.78, 5) is 14.6. The Morgan fingerprint density at radius 3 is 2.86 bits per heavy atom. The van der Waals surface area contributed by atoms with E-state index in [9.17, 15) is 9.18 Å². The number of nitrogens with one attached hydrogen (secondary N) is 1. The molecule has 1 saturated heterocycles. The molecule has 114 valence electrons. The molecule has 1 amide bonds. The van der Waals surface area contributed by atoms with Crippen LogP contribution in [-0.2, 0) is 11.2 Å². The van der Waals surface area contributed by atoms with Crippen molar-refractivity contribution < 1.29 is 9.18 Å². The average molecular weight is 311 g/mol. The molecule has 1 aromatic carbocycles. The molecule has 2 aliphatic heterocycles. The van der Waals surface area contributed by atoms with Crippen LogP contribution >= 0.6 is 12.4 Å². The van der Waals surface area contributed by atoms with E-state index in [-0.39, 0.29) is 35.5 Å². The second-order valence-corrected chi connectivity index (χ2v) is 6.38. The first-order valence-electron chi connectivity index (χ1n) is 7.50. The van der Waals surface area contributed by atoms with E-state index in [0.717, 1.165) is 50.0 Å². The first-order chi connectivity index (χ1) is 9.70. The molecule has 5 heteroatoms. The fourth-order valence-corrected chi connectivity index (χ4v) is 3.94. The number of halogens is 2. The van der Waals surface area contributed by atoms with Gasteiger partial charge in [-0.3, -0.25) is 4.79 Å². The van der Waals surface area contributed by atoms with Crippen molar-refractivity contribution in [2.45, 2.75) is 25.7 Å². The van der Waals surface area contributed by atoms with Gasteiger partial charge in [0, 0.05) is 18.2 Å². The van der Waals surface area contributed by atoms with Crippen molar-refractivity contribution >= 4 is 24.0 Å². The number of hydrogen-bond acceptors (Lipinski definition) is 2. The van der Waals surface area contributed by atoms with Gasteiger partial charge in [-0.2, -0.15) is 0 Å². The van der Waals surface area contributed by atoms with Crippen LogP contribution in [0.3, 0.4) is 0 Å². The zero-order valence-electron chi connectivity index (χ0n) is 11.9. The van der Waals surface area contributed by atoms with E-state index in [4.69, 9.17) is 0 Å². The molecule has 0 radical (unpaired) electrons. The quantitative estimate of drug-likeness (QED) is 0.864. The maximum Gasteiger partial charge on any atom is 0.230 e. The molecule has 1 aromatic rings. The highest BCUT2D eigenvalue weighted by Crippen LogP contribution is 2.59. The van der Waals surface area contributed by atoms with E-state index in [1.165, 1.54) is 12.1 Å². The van der Waals surface area contributed by atoms with E-state index in [0.29, 0.717) is 6.54 Å². The fraction of sp³-hybridized carbons (Fsp3) is 0.562. The minimum Gasteiger partial charge on any atom is -0.317 e. The van der Waals surface area contributed by atoms with Crippen LogP contribution in [0.5, 0.6) is 0 Å². The number of hydrogen-bond donors (Lipinski definition) is 1. The normalized spacial score (nSPS) is 25.4. The third-order valence-corrected chi connectivity index (χ3v) is 5.30. The number of anilines is 1. The smallest absolute Gasteiger partial charge is 0.230 e. The predicted octanol–water partition coefficient (Wildman–Crippen LogP) is 2.53. The molecule has 1 N–H and O–H groups in total. The summed E-state index contributed by atoms with van der Waals surface area (Å²) in [7, 11) is 0. The van der Waals surface area contributed by atoms with Gasteiger partial charge in [0.1, 0.15) is 5.82 Å². The third-order valence-electron chi connectivity index (χ3n) is 5.30.